The van der Waals surface area contributed by atoms with Crippen molar-refractivity contribution in [3.05, 3.63) is 65.7 Å². The molecular formula is C26H34F3N3O4S. The van der Waals surface area contributed by atoms with Gasteiger partial charge in [-0.05, 0) is 49.9 Å². The number of carbonyl (C=O) groups excluding carboxylic acids is 2. The molecule has 0 aliphatic rings. The number of halogens is 3. The van der Waals surface area contributed by atoms with Crippen molar-refractivity contribution in [3.8, 4) is 0 Å². The van der Waals surface area contributed by atoms with E-state index < -0.39 is 40.3 Å². The summed E-state index contributed by atoms with van der Waals surface area (Å²) in [7, 11) is -4.13. The van der Waals surface area contributed by atoms with Crippen molar-refractivity contribution in [2.75, 3.05) is 23.7 Å². The molecule has 11 heteroatoms. The van der Waals surface area contributed by atoms with Gasteiger partial charge in [-0.2, -0.15) is 13.2 Å². The number of alkyl halides is 3. The molecule has 0 aromatic heterocycles. The maximum absolute atomic E-state index is 13.6. The van der Waals surface area contributed by atoms with Gasteiger partial charge in [0, 0.05) is 12.6 Å². The zero-order valence-electron chi connectivity index (χ0n) is 21.5. The molecule has 204 valence electrons. The van der Waals surface area contributed by atoms with Crippen molar-refractivity contribution in [1.82, 2.24) is 10.2 Å². The lowest BCUT2D eigenvalue weighted by atomic mass is 10.1. The smallest absolute Gasteiger partial charge is 0.352 e. The predicted octanol–water partition coefficient (Wildman–Crippen LogP) is 4.24. The summed E-state index contributed by atoms with van der Waals surface area (Å²) < 4.78 is 65.6. The Hall–Kier alpha value is -3.08. The SMILES string of the molecule is CC[C@@H](C)NC(=O)[C@@H](CC)N(CCc1ccccc1)C(=O)CN(c1cccc(C(F)(F)F)c1)S(C)(=O)=O. The maximum atomic E-state index is 13.6. The quantitative estimate of drug-likeness (QED) is 0.436. The first-order valence-electron chi connectivity index (χ1n) is 12.1. The number of hydrogen-bond donors (Lipinski definition) is 1. The predicted molar refractivity (Wildman–Crippen MR) is 137 cm³/mol. The highest BCUT2D eigenvalue weighted by atomic mass is 32.2. The Morgan fingerprint density at radius 2 is 1.65 bits per heavy atom. The van der Waals surface area contributed by atoms with Crippen molar-refractivity contribution in [3.63, 3.8) is 0 Å². The standard InChI is InChI=1S/C26H34F3N3O4S/c1-5-19(3)30-25(34)23(6-2)31(16-15-20-11-8-7-9-12-20)24(33)18-32(37(4,35)36)22-14-10-13-21(17-22)26(27,28)29/h7-14,17,19,23H,5-6,15-16,18H2,1-4H3,(H,30,34)/t19-,23-/m1/s1. The number of nitrogens with zero attached hydrogens (tertiary/aromatic N) is 2. The third-order valence-corrected chi connectivity index (χ3v) is 7.15. The van der Waals surface area contributed by atoms with Gasteiger partial charge in [-0.3, -0.25) is 13.9 Å². The Bertz CT molecular complexity index is 1160. The summed E-state index contributed by atoms with van der Waals surface area (Å²) in [6.45, 7) is 4.85. The van der Waals surface area contributed by atoms with Crippen LogP contribution in [0.5, 0.6) is 0 Å². The van der Waals surface area contributed by atoms with Crippen molar-refractivity contribution in [1.29, 1.82) is 0 Å². The largest absolute Gasteiger partial charge is 0.416 e. The minimum atomic E-state index is -4.69. The summed E-state index contributed by atoms with van der Waals surface area (Å²) >= 11 is 0. The molecule has 0 saturated heterocycles. The molecule has 2 rings (SSSR count). The Morgan fingerprint density at radius 3 is 2.19 bits per heavy atom. The molecule has 1 N–H and O–H groups in total. The maximum Gasteiger partial charge on any atom is 0.416 e. The molecule has 0 spiro atoms. The fraction of sp³-hybridized carbons (Fsp3) is 0.462. The van der Waals surface area contributed by atoms with Crippen molar-refractivity contribution in [2.24, 2.45) is 0 Å². The second-order valence-electron chi connectivity index (χ2n) is 8.88. The number of nitrogens with one attached hydrogen (secondary N) is 1. The third kappa shape index (κ3) is 8.77. The summed E-state index contributed by atoms with van der Waals surface area (Å²) in [5.74, 6) is -1.06. The van der Waals surface area contributed by atoms with E-state index in [2.05, 4.69) is 5.32 Å². The highest BCUT2D eigenvalue weighted by molar-refractivity contribution is 7.92. The highest BCUT2D eigenvalue weighted by Crippen LogP contribution is 2.32. The molecule has 7 nitrogen and oxygen atoms in total. The van der Waals surface area contributed by atoms with Gasteiger partial charge >= 0.3 is 6.18 Å². The molecule has 0 radical (unpaired) electrons. The average molecular weight is 542 g/mol. The van der Waals surface area contributed by atoms with Crippen LogP contribution in [0.15, 0.2) is 54.6 Å². The van der Waals surface area contributed by atoms with Crippen LogP contribution in [-0.2, 0) is 32.2 Å². The van der Waals surface area contributed by atoms with E-state index in [1.54, 1.807) is 6.92 Å². The molecule has 2 aromatic rings. The Morgan fingerprint density at radius 1 is 1.00 bits per heavy atom. The molecule has 2 atom stereocenters. The molecule has 0 bridgehead atoms. The zero-order valence-corrected chi connectivity index (χ0v) is 22.3. The Kier molecular flexibility index (Phi) is 10.5. The molecule has 0 fully saturated rings. The zero-order chi connectivity index (χ0) is 27.8. The van der Waals surface area contributed by atoms with E-state index in [4.69, 9.17) is 0 Å². The van der Waals surface area contributed by atoms with Gasteiger partial charge in [0.25, 0.3) is 0 Å². The lowest BCUT2D eigenvalue weighted by Crippen LogP contribution is -2.54. The minimum absolute atomic E-state index is 0.121. The normalized spacial score (nSPS) is 13.5. The van der Waals surface area contributed by atoms with E-state index in [-0.39, 0.29) is 30.6 Å². The molecule has 2 aromatic carbocycles. The molecule has 0 unspecified atom stereocenters. The summed E-state index contributed by atoms with van der Waals surface area (Å²) in [6.07, 6.45) is -2.51. The van der Waals surface area contributed by atoms with Gasteiger partial charge in [-0.1, -0.05) is 50.2 Å². The van der Waals surface area contributed by atoms with E-state index >= 15 is 0 Å². The third-order valence-electron chi connectivity index (χ3n) is 6.01. The van der Waals surface area contributed by atoms with Crippen LogP contribution in [-0.4, -0.2) is 56.6 Å². The van der Waals surface area contributed by atoms with Crippen molar-refractivity contribution < 1.29 is 31.2 Å². The van der Waals surface area contributed by atoms with Crippen LogP contribution < -0.4 is 9.62 Å². The lowest BCUT2D eigenvalue weighted by Gasteiger charge is -2.33. The van der Waals surface area contributed by atoms with E-state index in [0.717, 1.165) is 24.0 Å². The van der Waals surface area contributed by atoms with Gasteiger partial charge in [0.1, 0.15) is 12.6 Å². The Balaban J connectivity index is 2.42. The van der Waals surface area contributed by atoms with Crippen LogP contribution in [0.4, 0.5) is 18.9 Å². The van der Waals surface area contributed by atoms with Crippen LogP contribution in [0, 0.1) is 0 Å². The highest BCUT2D eigenvalue weighted by Gasteiger charge is 2.34. The first-order chi connectivity index (χ1) is 17.3. The molecule has 0 aliphatic carbocycles. The number of hydrogen-bond acceptors (Lipinski definition) is 4. The van der Waals surface area contributed by atoms with Gasteiger partial charge in [0.05, 0.1) is 17.5 Å². The van der Waals surface area contributed by atoms with Crippen LogP contribution in [0.25, 0.3) is 0 Å². The molecule has 37 heavy (non-hydrogen) atoms. The first kappa shape index (κ1) is 30.1. The molecule has 2 amide bonds. The monoisotopic (exact) mass is 541 g/mol. The van der Waals surface area contributed by atoms with Gasteiger partial charge in [-0.25, -0.2) is 8.42 Å². The van der Waals surface area contributed by atoms with Crippen LogP contribution in [0.2, 0.25) is 0 Å². The molecule has 0 aliphatic heterocycles. The summed E-state index contributed by atoms with van der Waals surface area (Å²) in [4.78, 5) is 27.9. The van der Waals surface area contributed by atoms with E-state index in [9.17, 15) is 31.2 Å². The van der Waals surface area contributed by atoms with Gasteiger partial charge in [0.2, 0.25) is 21.8 Å². The van der Waals surface area contributed by atoms with Crippen LogP contribution in [0.3, 0.4) is 0 Å². The molecule has 0 saturated carbocycles. The topological polar surface area (TPSA) is 86.8 Å². The second-order valence-corrected chi connectivity index (χ2v) is 10.8. The number of anilines is 1. The van der Waals surface area contributed by atoms with Gasteiger partial charge < -0.3 is 10.2 Å². The van der Waals surface area contributed by atoms with Crippen LogP contribution in [0.1, 0.15) is 44.7 Å². The average Bonchev–Trinajstić information content (AvgIpc) is 2.84. The summed E-state index contributed by atoms with van der Waals surface area (Å²) in [6, 6.07) is 12.1. The minimum Gasteiger partial charge on any atom is -0.352 e. The van der Waals surface area contributed by atoms with E-state index in [1.165, 1.54) is 11.0 Å². The molecular weight excluding hydrogens is 507 g/mol. The van der Waals surface area contributed by atoms with E-state index in [0.29, 0.717) is 23.2 Å². The summed E-state index contributed by atoms with van der Waals surface area (Å²) in [5.41, 5.74) is -0.410. The van der Waals surface area contributed by atoms with Gasteiger partial charge in [0.15, 0.2) is 0 Å². The van der Waals surface area contributed by atoms with Crippen molar-refractivity contribution >= 4 is 27.5 Å². The van der Waals surface area contributed by atoms with Crippen LogP contribution >= 0.6 is 0 Å². The second kappa shape index (κ2) is 12.9. The number of rotatable bonds is 12. The van der Waals surface area contributed by atoms with Crippen molar-refractivity contribution in [2.45, 2.75) is 58.3 Å². The number of benzene rings is 2. The molecule has 0 heterocycles. The Labute approximate surface area is 216 Å². The van der Waals surface area contributed by atoms with E-state index in [1.807, 2.05) is 44.2 Å². The fourth-order valence-electron chi connectivity index (χ4n) is 3.79. The fourth-order valence-corrected chi connectivity index (χ4v) is 4.63. The van der Waals surface area contributed by atoms with Gasteiger partial charge in [-0.15, -0.1) is 0 Å². The number of sulfonamides is 1. The lowest BCUT2D eigenvalue weighted by molar-refractivity contribution is -0.139. The first-order valence-corrected chi connectivity index (χ1v) is 13.9. The number of carbonyl (C=O) groups is 2. The number of amides is 2. The summed E-state index contributed by atoms with van der Waals surface area (Å²) in [5, 5.41) is 2.86.